The van der Waals surface area contributed by atoms with E-state index in [1.807, 2.05) is 18.2 Å². The molecule has 0 saturated heterocycles. The third-order valence-electron chi connectivity index (χ3n) is 5.22. The second-order valence-electron chi connectivity index (χ2n) is 7.07. The highest BCUT2D eigenvalue weighted by Gasteiger charge is 2.19. The minimum absolute atomic E-state index is 0.318. The Morgan fingerprint density at radius 2 is 1.23 bits per heavy atom. The Kier molecular flexibility index (Phi) is 4.04. The van der Waals surface area contributed by atoms with Crippen molar-refractivity contribution >= 4 is 27.2 Å². The SMILES string of the molecule is CC(C)N(C)c1ccc2ccccc2c1-c1c(O)ccc2ccccc12. The maximum atomic E-state index is 10.8. The van der Waals surface area contributed by atoms with Crippen LogP contribution in [0.25, 0.3) is 32.7 Å². The zero-order valence-corrected chi connectivity index (χ0v) is 15.4. The summed E-state index contributed by atoms with van der Waals surface area (Å²) in [6.07, 6.45) is 0. The minimum atomic E-state index is 0.318. The maximum Gasteiger partial charge on any atom is 0.124 e. The summed E-state index contributed by atoms with van der Waals surface area (Å²) in [5.41, 5.74) is 3.13. The van der Waals surface area contributed by atoms with E-state index in [-0.39, 0.29) is 0 Å². The fourth-order valence-electron chi connectivity index (χ4n) is 3.62. The van der Waals surface area contributed by atoms with Crippen molar-refractivity contribution < 1.29 is 5.11 Å². The number of fused-ring (bicyclic) bond motifs is 2. The Morgan fingerprint density at radius 3 is 1.85 bits per heavy atom. The first-order valence-electron chi connectivity index (χ1n) is 9.03. The molecule has 0 heterocycles. The number of hydrogen-bond donors (Lipinski definition) is 1. The van der Waals surface area contributed by atoms with Crippen molar-refractivity contribution in [1.29, 1.82) is 0 Å². The lowest BCUT2D eigenvalue weighted by Crippen LogP contribution is -2.26. The molecule has 0 aliphatic rings. The van der Waals surface area contributed by atoms with Gasteiger partial charge in [-0.05, 0) is 47.5 Å². The first-order valence-corrected chi connectivity index (χ1v) is 9.03. The van der Waals surface area contributed by atoms with E-state index in [0.29, 0.717) is 11.8 Å². The highest BCUT2D eigenvalue weighted by Crippen LogP contribution is 2.45. The summed E-state index contributed by atoms with van der Waals surface area (Å²) in [4.78, 5) is 2.27. The van der Waals surface area contributed by atoms with Gasteiger partial charge in [0.1, 0.15) is 5.75 Å². The molecule has 0 fully saturated rings. The topological polar surface area (TPSA) is 23.5 Å². The van der Waals surface area contributed by atoms with Crippen LogP contribution in [0.5, 0.6) is 5.75 Å². The molecule has 0 aromatic heterocycles. The van der Waals surface area contributed by atoms with Gasteiger partial charge in [-0.3, -0.25) is 0 Å². The average Bonchev–Trinajstić information content (AvgIpc) is 2.67. The Labute approximate surface area is 154 Å². The van der Waals surface area contributed by atoms with Gasteiger partial charge in [0.15, 0.2) is 0 Å². The fourth-order valence-corrected chi connectivity index (χ4v) is 3.62. The van der Waals surface area contributed by atoms with Crippen LogP contribution in [0.15, 0.2) is 72.8 Å². The number of aromatic hydroxyl groups is 1. The van der Waals surface area contributed by atoms with Crippen LogP contribution in [0, 0.1) is 0 Å². The Balaban J connectivity index is 2.17. The summed E-state index contributed by atoms with van der Waals surface area (Å²) in [5.74, 6) is 0.318. The van der Waals surface area contributed by atoms with Crippen molar-refractivity contribution in [3.63, 3.8) is 0 Å². The van der Waals surface area contributed by atoms with Crippen LogP contribution in [-0.2, 0) is 0 Å². The lowest BCUT2D eigenvalue weighted by molar-refractivity contribution is 0.478. The summed E-state index contributed by atoms with van der Waals surface area (Å²) >= 11 is 0. The van der Waals surface area contributed by atoms with Gasteiger partial charge in [-0.2, -0.15) is 0 Å². The van der Waals surface area contributed by atoms with Gasteiger partial charge in [-0.1, -0.05) is 60.7 Å². The number of hydrogen-bond acceptors (Lipinski definition) is 2. The van der Waals surface area contributed by atoms with Gasteiger partial charge >= 0.3 is 0 Å². The third-order valence-corrected chi connectivity index (χ3v) is 5.22. The largest absolute Gasteiger partial charge is 0.507 e. The smallest absolute Gasteiger partial charge is 0.124 e. The number of benzene rings is 4. The van der Waals surface area contributed by atoms with Crippen LogP contribution in [-0.4, -0.2) is 18.2 Å². The van der Waals surface area contributed by atoms with Crippen molar-refractivity contribution in [2.45, 2.75) is 19.9 Å². The van der Waals surface area contributed by atoms with Crippen molar-refractivity contribution in [3.8, 4) is 16.9 Å². The van der Waals surface area contributed by atoms with Crippen LogP contribution in [0.1, 0.15) is 13.8 Å². The molecule has 0 amide bonds. The quantitative estimate of drug-likeness (QED) is 0.479. The molecular formula is C24H23NO. The van der Waals surface area contributed by atoms with Crippen molar-refractivity contribution in [3.05, 3.63) is 72.8 Å². The second-order valence-corrected chi connectivity index (χ2v) is 7.07. The number of anilines is 1. The Hall–Kier alpha value is -3.00. The van der Waals surface area contributed by atoms with E-state index in [2.05, 4.69) is 74.3 Å². The van der Waals surface area contributed by atoms with Crippen LogP contribution < -0.4 is 4.90 Å². The molecule has 0 unspecified atom stereocenters. The number of phenols is 1. The zero-order valence-electron chi connectivity index (χ0n) is 15.4. The van der Waals surface area contributed by atoms with Crippen molar-refractivity contribution in [1.82, 2.24) is 0 Å². The maximum absolute atomic E-state index is 10.8. The number of nitrogens with zero attached hydrogens (tertiary/aromatic N) is 1. The molecule has 0 bridgehead atoms. The average molecular weight is 341 g/mol. The molecule has 0 saturated carbocycles. The van der Waals surface area contributed by atoms with Gasteiger partial charge in [-0.25, -0.2) is 0 Å². The summed E-state index contributed by atoms with van der Waals surface area (Å²) in [6.45, 7) is 4.36. The molecule has 130 valence electrons. The second kappa shape index (κ2) is 6.38. The highest BCUT2D eigenvalue weighted by molar-refractivity contribution is 6.11. The molecule has 0 aliphatic carbocycles. The lowest BCUT2D eigenvalue weighted by atomic mass is 9.91. The summed E-state index contributed by atoms with van der Waals surface area (Å²) in [7, 11) is 2.11. The van der Waals surface area contributed by atoms with Crippen molar-refractivity contribution in [2.24, 2.45) is 0 Å². The molecule has 4 aromatic rings. The molecule has 4 aromatic carbocycles. The molecular weight excluding hydrogens is 318 g/mol. The molecule has 4 rings (SSSR count). The summed E-state index contributed by atoms with van der Waals surface area (Å²) < 4.78 is 0. The predicted molar refractivity (Wildman–Crippen MR) is 112 cm³/mol. The van der Waals surface area contributed by atoms with Gasteiger partial charge in [0.05, 0.1) is 0 Å². The molecule has 1 N–H and O–H groups in total. The molecule has 2 heteroatoms. The van der Waals surface area contributed by atoms with E-state index >= 15 is 0 Å². The van der Waals surface area contributed by atoms with Gasteiger partial charge in [0.2, 0.25) is 0 Å². The molecule has 0 aliphatic heterocycles. The molecule has 0 atom stereocenters. The summed E-state index contributed by atoms with van der Waals surface area (Å²) in [6, 6.07) is 25.1. The fraction of sp³-hybridized carbons (Fsp3) is 0.167. The monoisotopic (exact) mass is 341 g/mol. The standard InChI is InChI=1S/C24H23NO/c1-16(2)25(3)21-14-12-17-8-4-6-10-19(17)23(21)24-20-11-7-5-9-18(20)13-15-22(24)26/h4-16,26H,1-3H3. The van der Waals surface area contributed by atoms with E-state index in [1.54, 1.807) is 6.07 Å². The first kappa shape index (κ1) is 16.5. The lowest BCUT2D eigenvalue weighted by Gasteiger charge is -2.28. The first-order chi connectivity index (χ1) is 12.6. The van der Waals surface area contributed by atoms with Gasteiger partial charge < -0.3 is 10.0 Å². The normalized spacial score (nSPS) is 11.4. The van der Waals surface area contributed by atoms with E-state index in [4.69, 9.17) is 0 Å². The van der Waals surface area contributed by atoms with Crippen LogP contribution in [0.2, 0.25) is 0 Å². The number of phenolic OH excluding ortho intramolecular Hbond substituents is 1. The van der Waals surface area contributed by atoms with E-state index < -0.39 is 0 Å². The van der Waals surface area contributed by atoms with Gasteiger partial charge in [0.25, 0.3) is 0 Å². The van der Waals surface area contributed by atoms with Gasteiger partial charge in [-0.15, -0.1) is 0 Å². The highest BCUT2D eigenvalue weighted by atomic mass is 16.3. The summed E-state index contributed by atoms with van der Waals surface area (Å²) in [5, 5.41) is 15.4. The van der Waals surface area contributed by atoms with Crippen LogP contribution >= 0.6 is 0 Å². The molecule has 0 spiro atoms. The third kappa shape index (κ3) is 2.59. The van der Waals surface area contributed by atoms with Crippen LogP contribution in [0.4, 0.5) is 5.69 Å². The molecule has 2 nitrogen and oxygen atoms in total. The van der Waals surface area contributed by atoms with Gasteiger partial charge in [0, 0.05) is 29.9 Å². The predicted octanol–water partition coefficient (Wildman–Crippen LogP) is 6.21. The number of rotatable bonds is 3. The van der Waals surface area contributed by atoms with Crippen molar-refractivity contribution in [2.75, 3.05) is 11.9 Å². The molecule has 0 radical (unpaired) electrons. The van der Waals surface area contributed by atoms with E-state index in [0.717, 1.165) is 33.0 Å². The minimum Gasteiger partial charge on any atom is -0.507 e. The zero-order chi connectivity index (χ0) is 18.3. The van der Waals surface area contributed by atoms with E-state index in [9.17, 15) is 5.11 Å². The Morgan fingerprint density at radius 1 is 0.692 bits per heavy atom. The van der Waals surface area contributed by atoms with E-state index in [1.165, 1.54) is 5.39 Å². The molecule has 26 heavy (non-hydrogen) atoms. The van der Waals surface area contributed by atoms with Crippen LogP contribution in [0.3, 0.4) is 0 Å². The Bertz CT molecular complexity index is 1100.